The van der Waals surface area contributed by atoms with Gasteiger partial charge >= 0.3 is 0 Å². The number of carbonyl (C=O) groups excluding carboxylic acids is 1. The van der Waals surface area contributed by atoms with E-state index in [4.69, 9.17) is 0 Å². The number of rotatable bonds is 5. The summed E-state index contributed by atoms with van der Waals surface area (Å²) in [7, 11) is -3.65. The standard InChI is InChI=1S/C28H27N3O3S2/c1-18-14-19(2)26(20(3)15-18)25-17-35-28(29-25)30-27(32)22-8-10-24(11-9-22)36(33,34)31-13-12-21-6-4-5-7-23(21)16-31/h4-11,14-15,17H,12-13,16H2,1-3H3,(H,29,30,32). The van der Waals surface area contributed by atoms with Gasteiger partial charge in [0, 0.05) is 29.6 Å². The van der Waals surface area contributed by atoms with Gasteiger partial charge in [-0.15, -0.1) is 11.3 Å². The van der Waals surface area contributed by atoms with Crippen LogP contribution in [0.25, 0.3) is 11.3 Å². The molecule has 4 aromatic rings. The monoisotopic (exact) mass is 517 g/mol. The maximum absolute atomic E-state index is 13.2. The van der Waals surface area contributed by atoms with Crippen molar-refractivity contribution in [1.29, 1.82) is 0 Å². The average molecular weight is 518 g/mol. The van der Waals surface area contributed by atoms with Crippen molar-refractivity contribution in [3.63, 3.8) is 0 Å². The van der Waals surface area contributed by atoms with E-state index in [1.54, 1.807) is 12.1 Å². The molecule has 0 saturated carbocycles. The minimum absolute atomic E-state index is 0.181. The lowest BCUT2D eigenvalue weighted by atomic mass is 9.98. The summed E-state index contributed by atoms with van der Waals surface area (Å²) in [6, 6.07) is 18.2. The molecule has 1 aliphatic rings. The Kier molecular flexibility index (Phi) is 6.51. The summed E-state index contributed by atoms with van der Waals surface area (Å²) in [5.74, 6) is -0.330. The van der Waals surface area contributed by atoms with E-state index < -0.39 is 10.0 Å². The van der Waals surface area contributed by atoms with Gasteiger partial charge in [0.15, 0.2) is 5.13 Å². The Hall–Kier alpha value is -3.33. The molecule has 0 saturated heterocycles. The van der Waals surface area contributed by atoms with E-state index in [0.717, 1.165) is 27.9 Å². The third kappa shape index (κ3) is 4.72. The fourth-order valence-electron chi connectivity index (χ4n) is 4.80. The molecule has 0 fully saturated rings. The molecule has 0 atom stereocenters. The summed E-state index contributed by atoms with van der Waals surface area (Å²) in [6.07, 6.45) is 0.688. The molecule has 1 aromatic heterocycles. The summed E-state index contributed by atoms with van der Waals surface area (Å²) in [5.41, 5.74) is 7.98. The number of nitrogens with zero attached hydrogens (tertiary/aromatic N) is 2. The molecule has 0 spiro atoms. The molecule has 5 rings (SSSR count). The number of hydrogen-bond acceptors (Lipinski definition) is 5. The van der Waals surface area contributed by atoms with E-state index >= 15 is 0 Å². The zero-order valence-electron chi connectivity index (χ0n) is 20.4. The van der Waals surface area contributed by atoms with Crippen molar-refractivity contribution >= 4 is 32.4 Å². The summed E-state index contributed by atoms with van der Waals surface area (Å²) in [4.78, 5) is 17.6. The fourth-order valence-corrected chi connectivity index (χ4v) is 6.92. The van der Waals surface area contributed by atoms with Gasteiger partial charge in [-0.2, -0.15) is 4.31 Å². The highest BCUT2D eigenvalue weighted by atomic mass is 32.2. The first kappa shape index (κ1) is 24.4. The van der Waals surface area contributed by atoms with Crippen LogP contribution in [0.3, 0.4) is 0 Å². The maximum atomic E-state index is 13.2. The van der Waals surface area contributed by atoms with Crippen LogP contribution in [0.15, 0.2) is 70.9 Å². The molecule has 1 amide bonds. The molecule has 1 aliphatic heterocycles. The van der Waals surface area contributed by atoms with Crippen molar-refractivity contribution in [2.24, 2.45) is 0 Å². The average Bonchev–Trinajstić information content (AvgIpc) is 3.30. The highest BCUT2D eigenvalue weighted by molar-refractivity contribution is 7.89. The minimum atomic E-state index is -3.65. The molecular formula is C28H27N3O3S2. The second-order valence-corrected chi connectivity index (χ2v) is 11.9. The van der Waals surface area contributed by atoms with Gasteiger partial charge in [-0.1, -0.05) is 42.0 Å². The number of sulfonamides is 1. The number of thiazole rings is 1. The Labute approximate surface area is 215 Å². The summed E-state index contributed by atoms with van der Waals surface area (Å²) >= 11 is 1.36. The normalized spacial score (nSPS) is 13.9. The zero-order chi connectivity index (χ0) is 25.4. The number of hydrogen-bond donors (Lipinski definition) is 1. The van der Waals surface area contributed by atoms with Crippen molar-refractivity contribution < 1.29 is 13.2 Å². The molecule has 8 heteroatoms. The van der Waals surface area contributed by atoms with Gasteiger partial charge in [0.2, 0.25) is 10.0 Å². The predicted molar refractivity (Wildman–Crippen MR) is 144 cm³/mol. The maximum Gasteiger partial charge on any atom is 0.257 e. The van der Waals surface area contributed by atoms with Crippen LogP contribution in [-0.4, -0.2) is 30.2 Å². The van der Waals surface area contributed by atoms with Gasteiger partial charge < -0.3 is 0 Å². The number of amides is 1. The number of aromatic nitrogens is 1. The smallest absolute Gasteiger partial charge is 0.257 e. The molecule has 2 heterocycles. The van der Waals surface area contributed by atoms with Gasteiger partial charge in [0.25, 0.3) is 5.91 Å². The number of benzene rings is 3. The van der Waals surface area contributed by atoms with Crippen LogP contribution in [0, 0.1) is 20.8 Å². The lowest BCUT2D eigenvalue weighted by Crippen LogP contribution is -2.35. The Bertz CT molecular complexity index is 1530. The van der Waals surface area contributed by atoms with E-state index in [9.17, 15) is 13.2 Å². The number of fused-ring (bicyclic) bond motifs is 1. The Morgan fingerprint density at radius 3 is 2.33 bits per heavy atom. The Morgan fingerprint density at radius 1 is 0.972 bits per heavy atom. The third-order valence-electron chi connectivity index (χ3n) is 6.51. The first-order chi connectivity index (χ1) is 17.2. The molecule has 3 aromatic carbocycles. The molecule has 36 heavy (non-hydrogen) atoms. The fraction of sp³-hybridized carbons (Fsp3) is 0.214. The van der Waals surface area contributed by atoms with E-state index in [2.05, 4.69) is 43.2 Å². The Morgan fingerprint density at radius 2 is 1.64 bits per heavy atom. The quantitative estimate of drug-likeness (QED) is 0.366. The second-order valence-electron chi connectivity index (χ2n) is 9.15. The Balaban J connectivity index is 1.30. The lowest BCUT2D eigenvalue weighted by molar-refractivity contribution is 0.102. The first-order valence-corrected chi connectivity index (χ1v) is 14.1. The molecule has 0 unspecified atom stereocenters. The topological polar surface area (TPSA) is 79.4 Å². The van der Waals surface area contributed by atoms with Gasteiger partial charge in [0.1, 0.15) is 0 Å². The summed E-state index contributed by atoms with van der Waals surface area (Å²) in [6.45, 7) is 6.98. The van der Waals surface area contributed by atoms with Crippen LogP contribution in [0.4, 0.5) is 5.13 Å². The van der Waals surface area contributed by atoms with Crippen molar-refractivity contribution in [1.82, 2.24) is 9.29 Å². The SMILES string of the molecule is Cc1cc(C)c(-c2csc(NC(=O)c3ccc(S(=O)(=O)N4CCc5ccccc5C4)cc3)n2)c(C)c1. The number of carbonyl (C=O) groups is 1. The predicted octanol–water partition coefficient (Wildman–Crippen LogP) is 5.73. The molecular weight excluding hydrogens is 490 g/mol. The van der Waals surface area contributed by atoms with Crippen molar-refractivity contribution in [2.75, 3.05) is 11.9 Å². The van der Waals surface area contributed by atoms with Gasteiger partial charge in [0.05, 0.1) is 10.6 Å². The number of aryl methyl sites for hydroxylation is 3. The largest absolute Gasteiger partial charge is 0.298 e. The molecule has 0 aliphatic carbocycles. The number of anilines is 1. The highest BCUT2D eigenvalue weighted by Gasteiger charge is 2.28. The van der Waals surface area contributed by atoms with E-state index in [1.807, 2.05) is 29.6 Å². The summed E-state index contributed by atoms with van der Waals surface area (Å²) in [5, 5.41) is 5.28. The van der Waals surface area contributed by atoms with E-state index in [1.165, 1.54) is 38.9 Å². The van der Waals surface area contributed by atoms with Crippen LogP contribution >= 0.6 is 11.3 Å². The highest BCUT2D eigenvalue weighted by Crippen LogP contribution is 2.31. The molecule has 1 N–H and O–H groups in total. The van der Waals surface area contributed by atoms with Crippen molar-refractivity contribution in [2.45, 2.75) is 38.6 Å². The molecule has 0 bridgehead atoms. The summed E-state index contributed by atoms with van der Waals surface area (Å²) < 4.78 is 27.9. The van der Waals surface area contributed by atoms with Crippen LogP contribution < -0.4 is 5.32 Å². The second kappa shape index (κ2) is 9.61. The third-order valence-corrected chi connectivity index (χ3v) is 9.12. The van der Waals surface area contributed by atoms with Crippen molar-refractivity contribution in [3.05, 3.63) is 99.4 Å². The van der Waals surface area contributed by atoms with Gasteiger partial charge in [-0.05, 0) is 73.7 Å². The van der Waals surface area contributed by atoms with Crippen LogP contribution in [-0.2, 0) is 23.0 Å². The van der Waals surface area contributed by atoms with Crippen LogP contribution in [0.2, 0.25) is 0 Å². The van der Waals surface area contributed by atoms with Crippen molar-refractivity contribution in [3.8, 4) is 11.3 Å². The minimum Gasteiger partial charge on any atom is -0.298 e. The zero-order valence-corrected chi connectivity index (χ0v) is 22.0. The van der Waals surface area contributed by atoms with Gasteiger partial charge in [-0.25, -0.2) is 13.4 Å². The first-order valence-electron chi connectivity index (χ1n) is 11.7. The van der Waals surface area contributed by atoms with Gasteiger partial charge in [-0.3, -0.25) is 10.1 Å². The molecule has 6 nitrogen and oxygen atoms in total. The van der Waals surface area contributed by atoms with Crippen LogP contribution in [0.5, 0.6) is 0 Å². The molecule has 0 radical (unpaired) electrons. The number of nitrogens with one attached hydrogen (secondary N) is 1. The van der Waals surface area contributed by atoms with E-state index in [0.29, 0.717) is 30.2 Å². The molecule has 184 valence electrons. The van der Waals surface area contributed by atoms with E-state index in [-0.39, 0.29) is 10.8 Å². The lowest BCUT2D eigenvalue weighted by Gasteiger charge is -2.28. The van der Waals surface area contributed by atoms with Crippen LogP contribution in [0.1, 0.15) is 38.2 Å².